The standard InChI is InChI=1S/C18H19N5O2/c1-21-13-7-4-3-6-12(13)20-16(21)10-19-17(24)15-11-23-9-5-8-14(23)18(25)22(15)2/h3-9,15H,10-11H2,1-2H3,(H,19,24). The summed E-state index contributed by atoms with van der Waals surface area (Å²) in [4.78, 5) is 31.0. The minimum Gasteiger partial charge on any atom is -0.347 e. The zero-order chi connectivity index (χ0) is 17.6. The zero-order valence-corrected chi connectivity index (χ0v) is 14.1. The van der Waals surface area contributed by atoms with Gasteiger partial charge in [-0.2, -0.15) is 0 Å². The zero-order valence-electron chi connectivity index (χ0n) is 14.1. The minimum atomic E-state index is -0.526. The van der Waals surface area contributed by atoms with Crippen LogP contribution in [0.5, 0.6) is 0 Å². The van der Waals surface area contributed by atoms with E-state index in [1.807, 2.05) is 52.7 Å². The van der Waals surface area contributed by atoms with Gasteiger partial charge in [0.1, 0.15) is 17.6 Å². The van der Waals surface area contributed by atoms with Crippen molar-refractivity contribution in [1.29, 1.82) is 0 Å². The van der Waals surface area contributed by atoms with Gasteiger partial charge in [-0.25, -0.2) is 4.98 Å². The Hall–Kier alpha value is -3.09. The van der Waals surface area contributed by atoms with E-state index in [1.165, 1.54) is 4.90 Å². The van der Waals surface area contributed by atoms with Gasteiger partial charge in [0.2, 0.25) is 5.91 Å². The summed E-state index contributed by atoms with van der Waals surface area (Å²) in [6.07, 6.45) is 1.83. The molecule has 128 valence electrons. The van der Waals surface area contributed by atoms with Gasteiger partial charge in [-0.3, -0.25) is 9.59 Å². The summed E-state index contributed by atoms with van der Waals surface area (Å²) in [5.74, 6) is 0.461. The highest BCUT2D eigenvalue weighted by molar-refractivity contribution is 5.97. The molecule has 25 heavy (non-hydrogen) atoms. The summed E-state index contributed by atoms with van der Waals surface area (Å²) >= 11 is 0. The van der Waals surface area contributed by atoms with E-state index in [2.05, 4.69) is 10.3 Å². The van der Waals surface area contributed by atoms with Gasteiger partial charge in [0.15, 0.2) is 0 Å². The molecule has 0 spiro atoms. The van der Waals surface area contributed by atoms with Crippen molar-refractivity contribution >= 4 is 22.8 Å². The maximum atomic E-state index is 12.6. The maximum absolute atomic E-state index is 12.6. The summed E-state index contributed by atoms with van der Waals surface area (Å²) < 4.78 is 3.79. The first kappa shape index (κ1) is 15.4. The Bertz CT molecular complexity index is 971. The number of hydrogen-bond donors (Lipinski definition) is 1. The molecule has 2 aromatic heterocycles. The van der Waals surface area contributed by atoms with Crippen molar-refractivity contribution in [3.05, 3.63) is 54.1 Å². The van der Waals surface area contributed by atoms with Crippen LogP contribution in [0.4, 0.5) is 0 Å². The van der Waals surface area contributed by atoms with Crippen LogP contribution in [0.3, 0.4) is 0 Å². The number of nitrogens with zero attached hydrogens (tertiary/aromatic N) is 4. The highest BCUT2D eigenvalue weighted by Crippen LogP contribution is 2.17. The Morgan fingerprint density at radius 3 is 2.84 bits per heavy atom. The van der Waals surface area contributed by atoms with Crippen LogP contribution < -0.4 is 5.32 Å². The number of fused-ring (bicyclic) bond motifs is 2. The number of para-hydroxylation sites is 2. The third kappa shape index (κ3) is 2.48. The molecule has 7 nitrogen and oxygen atoms in total. The van der Waals surface area contributed by atoms with E-state index in [0.29, 0.717) is 18.8 Å². The molecule has 7 heteroatoms. The molecule has 0 saturated heterocycles. The number of rotatable bonds is 3. The molecule has 0 saturated carbocycles. The van der Waals surface area contributed by atoms with E-state index in [9.17, 15) is 9.59 Å². The van der Waals surface area contributed by atoms with Gasteiger partial charge < -0.3 is 19.4 Å². The van der Waals surface area contributed by atoms with Crippen molar-refractivity contribution in [2.75, 3.05) is 7.05 Å². The molecule has 1 unspecified atom stereocenters. The molecule has 4 rings (SSSR count). The molecule has 1 aliphatic heterocycles. The average Bonchev–Trinajstić information content (AvgIpc) is 3.21. The summed E-state index contributed by atoms with van der Waals surface area (Å²) in [6, 6.07) is 10.9. The largest absolute Gasteiger partial charge is 0.347 e. The molecule has 3 aromatic rings. The lowest BCUT2D eigenvalue weighted by atomic mass is 10.1. The van der Waals surface area contributed by atoms with Gasteiger partial charge in [-0.15, -0.1) is 0 Å². The Labute approximate surface area is 144 Å². The summed E-state index contributed by atoms with van der Waals surface area (Å²) in [5, 5.41) is 2.91. The lowest BCUT2D eigenvalue weighted by molar-refractivity contribution is -0.126. The number of benzene rings is 1. The van der Waals surface area contributed by atoms with Crippen LogP contribution in [0, 0.1) is 0 Å². The molecule has 0 aliphatic carbocycles. The monoisotopic (exact) mass is 337 g/mol. The molecule has 1 aromatic carbocycles. The van der Waals surface area contributed by atoms with E-state index >= 15 is 0 Å². The first-order chi connectivity index (χ1) is 12.1. The Morgan fingerprint density at radius 1 is 1.24 bits per heavy atom. The number of amides is 2. The Morgan fingerprint density at radius 2 is 2.04 bits per heavy atom. The summed E-state index contributed by atoms with van der Waals surface area (Å²) in [6.45, 7) is 0.778. The fourth-order valence-corrected chi connectivity index (χ4v) is 3.29. The van der Waals surface area contributed by atoms with Gasteiger partial charge >= 0.3 is 0 Å². The molecular formula is C18H19N5O2. The van der Waals surface area contributed by atoms with Crippen LogP contribution in [0.25, 0.3) is 11.0 Å². The Kier molecular flexibility index (Phi) is 3.56. The quantitative estimate of drug-likeness (QED) is 0.779. The second-order valence-electron chi connectivity index (χ2n) is 6.27. The predicted molar refractivity (Wildman–Crippen MR) is 92.9 cm³/mol. The molecule has 2 amide bonds. The van der Waals surface area contributed by atoms with E-state index in [-0.39, 0.29) is 11.8 Å². The van der Waals surface area contributed by atoms with E-state index in [1.54, 1.807) is 13.1 Å². The van der Waals surface area contributed by atoms with Crippen LogP contribution in [0.15, 0.2) is 42.6 Å². The lowest BCUT2D eigenvalue weighted by Gasteiger charge is -2.32. The number of nitrogens with one attached hydrogen (secondary N) is 1. The van der Waals surface area contributed by atoms with Gasteiger partial charge in [0, 0.05) is 20.3 Å². The van der Waals surface area contributed by atoms with Crippen molar-refractivity contribution in [2.45, 2.75) is 19.1 Å². The normalized spacial score (nSPS) is 17.0. The smallest absolute Gasteiger partial charge is 0.270 e. The topological polar surface area (TPSA) is 72.2 Å². The average molecular weight is 337 g/mol. The predicted octanol–water partition coefficient (Wildman–Crippen LogP) is 1.15. The van der Waals surface area contributed by atoms with Gasteiger partial charge in [0.05, 0.1) is 24.1 Å². The number of likely N-dealkylation sites (N-methyl/N-ethyl adjacent to an activating group) is 1. The third-order valence-electron chi connectivity index (χ3n) is 4.81. The number of aromatic nitrogens is 3. The molecule has 1 aliphatic rings. The van der Waals surface area contributed by atoms with Crippen LogP contribution in [0.2, 0.25) is 0 Å². The highest BCUT2D eigenvalue weighted by atomic mass is 16.2. The van der Waals surface area contributed by atoms with Crippen LogP contribution in [-0.4, -0.2) is 43.9 Å². The van der Waals surface area contributed by atoms with Gasteiger partial charge in [0.25, 0.3) is 5.91 Å². The number of hydrogen-bond acceptors (Lipinski definition) is 3. The first-order valence-electron chi connectivity index (χ1n) is 8.16. The fourth-order valence-electron chi connectivity index (χ4n) is 3.29. The molecule has 1 atom stereocenters. The van der Waals surface area contributed by atoms with E-state index < -0.39 is 6.04 Å². The second kappa shape index (κ2) is 5.77. The summed E-state index contributed by atoms with van der Waals surface area (Å²) in [7, 11) is 3.59. The third-order valence-corrected chi connectivity index (χ3v) is 4.81. The summed E-state index contributed by atoms with van der Waals surface area (Å²) in [5.41, 5.74) is 2.53. The maximum Gasteiger partial charge on any atom is 0.270 e. The van der Waals surface area contributed by atoms with Crippen molar-refractivity contribution in [3.8, 4) is 0 Å². The number of carbonyl (C=O) groups is 2. The Balaban J connectivity index is 1.50. The van der Waals surface area contributed by atoms with E-state index in [4.69, 9.17) is 0 Å². The van der Waals surface area contributed by atoms with Crippen LogP contribution >= 0.6 is 0 Å². The minimum absolute atomic E-state index is 0.140. The fraction of sp³-hybridized carbons (Fsp3) is 0.278. The highest BCUT2D eigenvalue weighted by Gasteiger charge is 2.33. The van der Waals surface area contributed by atoms with Crippen molar-refractivity contribution < 1.29 is 9.59 Å². The molecule has 0 radical (unpaired) electrons. The van der Waals surface area contributed by atoms with E-state index in [0.717, 1.165) is 16.9 Å². The van der Waals surface area contributed by atoms with Crippen molar-refractivity contribution in [3.63, 3.8) is 0 Å². The molecular weight excluding hydrogens is 318 g/mol. The van der Waals surface area contributed by atoms with Crippen molar-refractivity contribution in [2.24, 2.45) is 7.05 Å². The van der Waals surface area contributed by atoms with Crippen molar-refractivity contribution in [1.82, 2.24) is 24.3 Å². The SMILES string of the molecule is CN1C(=O)c2cccn2CC1C(=O)NCc1nc2ccccc2n1C. The molecule has 0 fully saturated rings. The number of imidazole rings is 1. The molecule has 1 N–H and O–H groups in total. The molecule has 3 heterocycles. The first-order valence-corrected chi connectivity index (χ1v) is 8.16. The number of aryl methyl sites for hydroxylation is 1. The van der Waals surface area contributed by atoms with Crippen LogP contribution in [0.1, 0.15) is 16.3 Å². The lowest BCUT2D eigenvalue weighted by Crippen LogP contribution is -2.53. The second-order valence-corrected chi connectivity index (χ2v) is 6.27. The number of carbonyl (C=O) groups excluding carboxylic acids is 2. The van der Waals surface area contributed by atoms with Crippen LogP contribution in [-0.2, 0) is 24.9 Å². The van der Waals surface area contributed by atoms with Gasteiger partial charge in [-0.05, 0) is 24.3 Å². The van der Waals surface area contributed by atoms with Gasteiger partial charge in [-0.1, -0.05) is 12.1 Å². The molecule has 0 bridgehead atoms.